The van der Waals surface area contributed by atoms with Crippen molar-refractivity contribution in [1.29, 1.82) is 0 Å². The van der Waals surface area contributed by atoms with Gasteiger partial charge in [0.15, 0.2) is 0 Å². The molecule has 1 rings (SSSR count). The van der Waals surface area contributed by atoms with Gasteiger partial charge in [0.1, 0.15) is 0 Å². The third-order valence-corrected chi connectivity index (χ3v) is 2.01. The van der Waals surface area contributed by atoms with E-state index in [9.17, 15) is 5.11 Å². The maximum atomic E-state index is 9.49. The van der Waals surface area contributed by atoms with Gasteiger partial charge in [0.25, 0.3) is 0 Å². The van der Waals surface area contributed by atoms with E-state index in [0.29, 0.717) is 5.92 Å². The Labute approximate surface area is 69.0 Å². The molecular formula is C9H19NO. The second-order valence-corrected chi connectivity index (χ2v) is 4.54. The van der Waals surface area contributed by atoms with E-state index in [-0.39, 0.29) is 11.6 Å². The van der Waals surface area contributed by atoms with Gasteiger partial charge in [-0.1, -0.05) is 0 Å². The third-order valence-electron chi connectivity index (χ3n) is 2.01. The summed E-state index contributed by atoms with van der Waals surface area (Å²) in [4.78, 5) is 0. The van der Waals surface area contributed by atoms with E-state index in [4.69, 9.17) is 0 Å². The van der Waals surface area contributed by atoms with E-state index in [1.165, 1.54) is 12.8 Å². The summed E-state index contributed by atoms with van der Waals surface area (Å²) in [6, 6.07) is 0. The van der Waals surface area contributed by atoms with Crippen LogP contribution in [0.4, 0.5) is 0 Å². The number of hydrogen-bond acceptors (Lipinski definition) is 2. The topological polar surface area (TPSA) is 32.3 Å². The quantitative estimate of drug-likeness (QED) is 0.644. The number of aliphatic hydroxyl groups is 1. The Balaban J connectivity index is 2.10. The van der Waals surface area contributed by atoms with Gasteiger partial charge < -0.3 is 10.4 Å². The second kappa shape index (κ2) is 3.11. The maximum absolute atomic E-state index is 9.49. The Hall–Kier alpha value is -0.0800. The van der Waals surface area contributed by atoms with Gasteiger partial charge >= 0.3 is 0 Å². The van der Waals surface area contributed by atoms with Gasteiger partial charge in [0.05, 0.1) is 6.10 Å². The van der Waals surface area contributed by atoms with Crippen molar-refractivity contribution in [2.45, 2.75) is 45.3 Å². The number of aliphatic hydroxyl groups excluding tert-OH is 1. The van der Waals surface area contributed by atoms with Crippen LogP contribution >= 0.6 is 0 Å². The number of nitrogens with one attached hydrogen (secondary N) is 1. The zero-order valence-electron chi connectivity index (χ0n) is 7.72. The molecule has 0 amide bonds. The Kier molecular flexibility index (Phi) is 2.55. The average Bonchev–Trinajstić information content (AvgIpc) is 2.61. The molecule has 0 spiro atoms. The van der Waals surface area contributed by atoms with Crippen LogP contribution in [0.15, 0.2) is 0 Å². The summed E-state index contributed by atoms with van der Waals surface area (Å²) >= 11 is 0. The smallest absolute Gasteiger partial charge is 0.0692 e. The van der Waals surface area contributed by atoms with Crippen LogP contribution in [0.1, 0.15) is 33.6 Å². The third kappa shape index (κ3) is 3.73. The predicted octanol–water partition coefficient (Wildman–Crippen LogP) is 1.15. The molecule has 0 aromatic rings. The van der Waals surface area contributed by atoms with E-state index < -0.39 is 0 Å². The lowest BCUT2D eigenvalue weighted by Crippen LogP contribution is -2.41. The molecule has 1 atom stereocenters. The van der Waals surface area contributed by atoms with Gasteiger partial charge in [-0.3, -0.25) is 0 Å². The van der Waals surface area contributed by atoms with E-state index >= 15 is 0 Å². The first-order valence-electron chi connectivity index (χ1n) is 4.42. The number of rotatable bonds is 3. The minimum atomic E-state index is -0.116. The van der Waals surface area contributed by atoms with E-state index in [0.717, 1.165) is 6.54 Å². The monoisotopic (exact) mass is 157 g/mol. The summed E-state index contributed by atoms with van der Waals surface area (Å²) in [5, 5.41) is 12.8. The Morgan fingerprint density at radius 2 is 2.00 bits per heavy atom. The van der Waals surface area contributed by atoms with Crippen LogP contribution < -0.4 is 5.32 Å². The molecule has 1 unspecified atom stereocenters. The summed E-state index contributed by atoms with van der Waals surface area (Å²) in [6.45, 7) is 7.10. The SMILES string of the molecule is CC(C)(C)NCC(O)C1CC1. The van der Waals surface area contributed by atoms with Gasteiger partial charge in [0.2, 0.25) is 0 Å². The molecule has 11 heavy (non-hydrogen) atoms. The van der Waals surface area contributed by atoms with Crippen LogP contribution in [0.5, 0.6) is 0 Å². The fourth-order valence-electron chi connectivity index (χ4n) is 1.06. The summed E-state index contributed by atoms with van der Waals surface area (Å²) < 4.78 is 0. The van der Waals surface area contributed by atoms with Gasteiger partial charge in [-0.2, -0.15) is 0 Å². The zero-order chi connectivity index (χ0) is 8.48. The van der Waals surface area contributed by atoms with Crippen LogP contribution in [0.25, 0.3) is 0 Å². The molecule has 66 valence electrons. The fourth-order valence-corrected chi connectivity index (χ4v) is 1.06. The van der Waals surface area contributed by atoms with Gasteiger partial charge in [-0.05, 0) is 39.5 Å². The predicted molar refractivity (Wildman–Crippen MR) is 46.5 cm³/mol. The Bertz CT molecular complexity index is 124. The molecule has 0 saturated heterocycles. The van der Waals surface area contributed by atoms with E-state index in [1.54, 1.807) is 0 Å². The molecule has 1 fully saturated rings. The first kappa shape index (κ1) is 9.01. The highest BCUT2D eigenvalue weighted by atomic mass is 16.3. The summed E-state index contributed by atoms with van der Waals surface area (Å²) in [5.41, 5.74) is 0.135. The normalized spacial score (nSPS) is 21.8. The van der Waals surface area contributed by atoms with Crippen molar-refractivity contribution in [1.82, 2.24) is 5.32 Å². The van der Waals surface area contributed by atoms with Crippen molar-refractivity contribution < 1.29 is 5.11 Å². The Morgan fingerprint density at radius 3 is 2.36 bits per heavy atom. The molecule has 2 nitrogen and oxygen atoms in total. The second-order valence-electron chi connectivity index (χ2n) is 4.54. The molecule has 0 aliphatic heterocycles. The minimum Gasteiger partial charge on any atom is -0.392 e. The molecule has 1 aliphatic rings. The molecular weight excluding hydrogens is 138 g/mol. The molecule has 1 saturated carbocycles. The fraction of sp³-hybridized carbons (Fsp3) is 1.00. The van der Waals surface area contributed by atoms with Gasteiger partial charge in [-0.15, -0.1) is 0 Å². The van der Waals surface area contributed by atoms with E-state index in [2.05, 4.69) is 26.1 Å². The number of β-amino-alcohol motifs (C(OH)–C–C–N with tert-alkyl or cyclic N) is 1. The van der Waals surface area contributed by atoms with Gasteiger partial charge in [-0.25, -0.2) is 0 Å². The van der Waals surface area contributed by atoms with Crippen LogP contribution in [-0.2, 0) is 0 Å². The van der Waals surface area contributed by atoms with E-state index in [1.807, 2.05) is 0 Å². The van der Waals surface area contributed by atoms with Crippen molar-refractivity contribution in [3.05, 3.63) is 0 Å². The molecule has 2 heteroatoms. The lowest BCUT2D eigenvalue weighted by atomic mass is 10.1. The molecule has 0 aromatic heterocycles. The maximum Gasteiger partial charge on any atom is 0.0692 e. The molecule has 0 heterocycles. The van der Waals surface area contributed by atoms with Crippen molar-refractivity contribution in [3.8, 4) is 0 Å². The number of hydrogen-bond donors (Lipinski definition) is 2. The molecule has 0 bridgehead atoms. The minimum absolute atomic E-state index is 0.116. The van der Waals surface area contributed by atoms with Crippen LogP contribution in [-0.4, -0.2) is 23.3 Å². The average molecular weight is 157 g/mol. The van der Waals surface area contributed by atoms with Crippen molar-refractivity contribution in [2.75, 3.05) is 6.54 Å². The summed E-state index contributed by atoms with van der Waals surface area (Å²) in [7, 11) is 0. The molecule has 0 aromatic carbocycles. The highest BCUT2D eigenvalue weighted by molar-refractivity contribution is 4.84. The lowest BCUT2D eigenvalue weighted by Gasteiger charge is -2.22. The van der Waals surface area contributed by atoms with Crippen LogP contribution in [0.3, 0.4) is 0 Å². The van der Waals surface area contributed by atoms with Crippen molar-refractivity contribution in [3.63, 3.8) is 0 Å². The highest BCUT2D eigenvalue weighted by Crippen LogP contribution is 2.32. The largest absolute Gasteiger partial charge is 0.392 e. The molecule has 2 N–H and O–H groups in total. The van der Waals surface area contributed by atoms with Crippen LogP contribution in [0.2, 0.25) is 0 Å². The Morgan fingerprint density at radius 1 is 1.45 bits per heavy atom. The van der Waals surface area contributed by atoms with Gasteiger partial charge in [0, 0.05) is 12.1 Å². The first-order valence-corrected chi connectivity index (χ1v) is 4.42. The zero-order valence-corrected chi connectivity index (χ0v) is 7.72. The molecule has 0 radical (unpaired) electrons. The summed E-state index contributed by atoms with van der Waals surface area (Å²) in [6.07, 6.45) is 2.31. The first-order chi connectivity index (χ1) is 4.99. The van der Waals surface area contributed by atoms with Crippen molar-refractivity contribution >= 4 is 0 Å². The summed E-state index contributed by atoms with van der Waals surface area (Å²) in [5.74, 6) is 0.588. The highest BCUT2D eigenvalue weighted by Gasteiger charge is 2.29. The van der Waals surface area contributed by atoms with Crippen LogP contribution in [0, 0.1) is 5.92 Å². The standard InChI is InChI=1S/C9H19NO/c1-9(2,3)10-6-8(11)7-4-5-7/h7-8,10-11H,4-6H2,1-3H3. The van der Waals surface area contributed by atoms with Crippen molar-refractivity contribution in [2.24, 2.45) is 5.92 Å². The lowest BCUT2D eigenvalue weighted by molar-refractivity contribution is 0.139. The molecule has 1 aliphatic carbocycles.